The minimum absolute atomic E-state index is 0.0123. The summed E-state index contributed by atoms with van der Waals surface area (Å²) in [5.41, 5.74) is 2.88. The number of nitrogens with zero attached hydrogens (tertiary/aromatic N) is 2. The summed E-state index contributed by atoms with van der Waals surface area (Å²) < 4.78 is 41.4. The highest BCUT2D eigenvalue weighted by Crippen LogP contribution is 2.52. The van der Waals surface area contributed by atoms with Crippen LogP contribution in [0.4, 0.5) is 13.2 Å². The van der Waals surface area contributed by atoms with Gasteiger partial charge in [0, 0.05) is 11.6 Å². The molecule has 0 radical (unpaired) electrons. The van der Waals surface area contributed by atoms with Crippen molar-refractivity contribution in [2.75, 3.05) is 6.54 Å². The van der Waals surface area contributed by atoms with Crippen LogP contribution in [-0.2, 0) is 23.2 Å². The number of aromatic nitrogens is 2. The summed E-state index contributed by atoms with van der Waals surface area (Å²) in [6.07, 6.45) is -3.52. The lowest BCUT2D eigenvalue weighted by Crippen LogP contribution is -2.36. The van der Waals surface area contributed by atoms with Crippen LogP contribution in [0.5, 0.6) is 5.75 Å². The van der Waals surface area contributed by atoms with Gasteiger partial charge in [0.2, 0.25) is 0 Å². The number of H-pyrrole nitrogens is 1. The molecule has 0 spiro atoms. The second kappa shape index (κ2) is 11.2. The van der Waals surface area contributed by atoms with E-state index in [4.69, 9.17) is 16.6 Å². The largest absolute Gasteiger partial charge is 0.573 e. The maximum Gasteiger partial charge on any atom is 0.573 e. The lowest BCUT2D eigenvalue weighted by molar-refractivity contribution is -0.274. The van der Waals surface area contributed by atoms with Gasteiger partial charge < -0.3 is 19.7 Å². The molecule has 7 nitrogen and oxygen atoms in total. The Labute approximate surface area is 249 Å². The molecular weight excluding hydrogens is 583 g/mol. The molecule has 1 aliphatic heterocycles. The molecule has 3 aromatic carbocycles. The van der Waals surface area contributed by atoms with E-state index in [-0.39, 0.29) is 23.3 Å². The minimum atomic E-state index is -4.79. The van der Waals surface area contributed by atoms with Crippen molar-refractivity contribution in [3.63, 3.8) is 0 Å². The fraction of sp³-hybridized carbons (Fsp3) is 0.281. The van der Waals surface area contributed by atoms with Gasteiger partial charge in [-0.3, -0.25) is 9.59 Å². The molecule has 43 heavy (non-hydrogen) atoms. The molecule has 222 valence electrons. The first-order valence-electron chi connectivity index (χ1n) is 13.8. The molecule has 2 heterocycles. The number of hydrogen-bond donors (Lipinski definition) is 2. The number of nitrogens with one attached hydrogen (secondary N) is 1. The number of alkyl halides is 3. The normalized spacial score (nSPS) is 16.6. The molecule has 0 saturated heterocycles. The maximum atomic E-state index is 13.5. The van der Waals surface area contributed by atoms with E-state index < -0.39 is 18.4 Å². The number of aliphatic hydroxyl groups excluding tert-OH is 1. The molecule has 4 aromatic rings. The third-order valence-corrected chi connectivity index (χ3v) is 8.28. The van der Waals surface area contributed by atoms with Crippen molar-refractivity contribution in [2.45, 2.75) is 50.1 Å². The zero-order chi connectivity index (χ0) is 30.4. The van der Waals surface area contributed by atoms with E-state index in [2.05, 4.69) is 9.72 Å². The number of rotatable bonds is 6. The van der Waals surface area contributed by atoms with E-state index in [1.807, 2.05) is 18.2 Å². The molecule has 0 unspecified atom stereocenters. The van der Waals surface area contributed by atoms with Gasteiger partial charge in [0.15, 0.2) is 6.10 Å². The van der Waals surface area contributed by atoms with Crippen LogP contribution in [-0.4, -0.2) is 38.8 Å². The van der Waals surface area contributed by atoms with Crippen LogP contribution in [0.2, 0.25) is 5.02 Å². The second-order valence-electron chi connectivity index (χ2n) is 10.9. The quantitative estimate of drug-likeness (QED) is 0.276. The molecule has 1 amide bonds. The third kappa shape index (κ3) is 6.03. The number of benzene rings is 3. The van der Waals surface area contributed by atoms with Gasteiger partial charge in [0.1, 0.15) is 11.6 Å². The Morgan fingerprint density at radius 2 is 1.79 bits per heavy atom. The number of aryl methyl sites for hydroxylation is 1. The van der Waals surface area contributed by atoms with Crippen LogP contribution in [0.1, 0.15) is 53.6 Å². The van der Waals surface area contributed by atoms with Crippen molar-refractivity contribution in [1.82, 2.24) is 14.9 Å². The molecule has 2 aliphatic rings. The molecule has 1 atom stereocenters. The molecule has 1 fully saturated rings. The van der Waals surface area contributed by atoms with Crippen LogP contribution >= 0.6 is 11.6 Å². The van der Waals surface area contributed by atoms with Crippen molar-refractivity contribution in [3.05, 3.63) is 116 Å². The molecule has 6 rings (SSSR count). The molecule has 2 N–H and O–H groups in total. The zero-order valence-corrected chi connectivity index (χ0v) is 23.6. The highest BCUT2D eigenvalue weighted by atomic mass is 35.5. The summed E-state index contributed by atoms with van der Waals surface area (Å²) >= 11 is 6.23. The first-order valence-corrected chi connectivity index (χ1v) is 14.2. The van der Waals surface area contributed by atoms with Crippen molar-refractivity contribution in [1.29, 1.82) is 0 Å². The number of aliphatic hydroxyl groups is 1. The number of amides is 1. The molecule has 1 aromatic heterocycles. The lowest BCUT2D eigenvalue weighted by atomic mass is 9.94. The SMILES string of the molecule is O=C([C@H](O)c1cccc(-c2ccc(OC(F)(F)F)cc2)c1)N1CCCc2nc(C3(c4cccc(Cl)c4)CC3)[nH]c(=O)c2C1. The number of aromatic amines is 1. The van der Waals surface area contributed by atoms with Gasteiger partial charge in [0.25, 0.3) is 11.5 Å². The fourth-order valence-corrected chi connectivity index (χ4v) is 5.85. The van der Waals surface area contributed by atoms with Crippen LogP contribution < -0.4 is 10.3 Å². The van der Waals surface area contributed by atoms with Gasteiger partial charge in [-0.2, -0.15) is 0 Å². The first kappa shape index (κ1) is 28.9. The van der Waals surface area contributed by atoms with E-state index >= 15 is 0 Å². The monoisotopic (exact) mass is 609 g/mol. The fourth-order valence-electron chi connectivity index (χ4n) is 5.66. The Bertz CT molecular complexity index is 1740. The van der Waals surface area contributed by atoms with Crippen molar-refractivity contribution >= 4 is 17.5 Å². The first-order chi connectivity index (χ1) is 20.5. The Balaban J connectivity index is 1.20. The average molecular weight is 610 g/mol. The van der Waals surface area contributed by atoms with Gasteiger partial charge in [0.05, 0.1) is 23.2 Å². The maximum absolute atomic E-state index is 13.5. The van der Waals surface area contributed by atoms with Crippen LogP contribution in [0, 0.1) is 0 Å². The summed E-state index contributed by atoms with van der Waals surface area (Å²) in [5, 5.41) is 11.7. The van der Waals surface area contributed by atoms with Gasteiger partial charge in [-0.1, -0.05) is 54.1 Å². The molecule has 11 heteroatoms. The lowest BCUT2D eigenvalue weighted by Gasteiger charge is -2.24. The second-order valence-corrected chi connectivity index (χ2v) is 11.3. The predicted octanol–water partition coefficient (Wildman–Crippen LogP) is 6.08. The highest BCUT2D eigenvalue weighted by Gasteiger charge is 2.49. The van der Waals surface area contributed by atoms with Crippen LogP contribution in [0.25, 0.3) is 11.1 Å². The number of fused-ring (bicyclic) bond motifs is 1. The van der Waals surface area contributed by atoms with E-state index in [9.17, 15) is 27.9 Å². The Kier molecular flexibility index (Phi) is 7.52. The topological polar surface area (TPSA) is 95.5 Å². The van der Waals surface area contributed by atoms with Crippen LogP contribution in [0.15, 0.2) is 77.6 Å². The van der Waals surface area contributed by atoms with E-state index in [1.165, 1.54) is 29.2 Å². The van der Waals surface area contributed by atoms with Gasteiger partial charge in [-0.15, -0.1) is 13.2 Å². The summed E-state index contributed by atoms with van der Waals surface area (Å²) in [5.74, 6) is -0.300. The minimum Gasteiger partial charge on any atom is -0.406 e. The Hall–Kier alpha value is -4.15. The third-order valence-electron chi connectivity index (χ3n) is 8.04. The van der Waals surface area contributed by atoms with Crippen LogP contribution in [0.3, 0.4) is 0 Å². The zero-order valence-electron chi connectivity index (χ0n) is 22.8. The number of hydrogen-bond acceptors (Lipinski definition) is 5. The number of carbonyl (C=O) groups is 1. The number of halogens is 4. The molecule has 1 saturated carbocycles. The Morgan fingerprint density at radius 1 is 1.05 bits per heavy atom. The average Bonchev–Trinajstić information content (AvgIpc) is 3.81. The van der Waals surface area contributed by atoms with Gasteiger partial charge in [-0.05, 0) is 78.3 Å². The molecule has 1 aliphatic carbocycles. The smallest absolute Gasteiger partial charge is 0.406 e. The van der Waals surface area contributed by atoms with Gasteiger partial charge in [-0.25, -0.2) is 4.98 Å². The standard InChI is InChI=1S/C32H27ClF3N3O4/c33-23-7-2-6-22(17-23)31(13-14-31)30-37-26-8-3-15-39(18-25(26)28(41)38-30)29(42)27(40)21-5-1-4-20(16-21)19-9-11-24(12-10-19)43-32(34,35)36/h1-2,4-7,9-12,16-17,27,40H,3,8,13-15,18H2,(H,37,38,41)/t27-/m1/s1. The number of ether oxygens (including phenoxy) is 1. The van der Waals surface area contributed by atoms with E-state index in [1.54, 1.807) is 30.3 Å². The van der Waals surface area contributed by atoms with Crippen molar-refractivity contribution in [3.8, 4) is 16.9 Å². The van der Waals surface area contributed by atoms with Crippen molar-refractivity contribution < 1.29 is 27.8 Å². The van der Waals surface area contributed by atoms with E-state index in [0.29, 0.717) is 58.2 Å². The predicted molar refractivity (Wildman–Crippen MR) is 154 cm³/mol. The summed E-state index contributed by atoms with van der Waals surface area (Å²) in [6, 6.07) is 19.5. The summed E-state index contributed by atoms with van der Waals surface area (Å²) in [6.45, 7) is 0.346. The number of carbonyl (C=O) groups excluding carboxylic acids is 1. The van der Waals surface area contributed by atoms with Crippen molar-refractivity contribution in [2.24, 2.45) is 0 Å². The summed E-state index contributed by atoms with van der Waals surface area (Å²) in [7, 11) is 0. The van der Waals surface area contributed by atoms with Gasteiger partial charge >= 0.3 is 6.36 Å². The molecule has 0 bridgehead atoms. The summed E-state index contributed by atoms with van der Waals surface area (Å²) in [4.78, 5) is 36.1. The Morgan fingerprint density at radius 3 is 2.49 bits per heavy atom. The van der Waals surface area contributed by atoms with E-state index in [0.717, 1.165) is 18.4 Å². The highest BCUT2D eigenvalue weighted by molar-refractivity contribution is 6.30. The molecular formula is C32H27ClF3N3O4.